The molecule has 33 heavy (non-hydrogen) atoms. The average molecular weight is 463 g/mol. The van der Waals surface area contributed by atoms with Crippen LogP contribution in [-0.4, -0.2) is 57.5 Å². The van der Waals surface area contributed by atoms with Gasteiger partial charge in [0.25, 0.3) is 5.91 Å². The van der Waals surface area contributed by atoms with Crippen LogP contribution in [0.4, 0.5) is 5.82 Å². The lowest BCUT2D eigenvalue weighted by Gasteiger charge is -2.19. The molecule has 9 heteroatoms. The molecule has 1 aliphatic rings. The lowest BCUT2D eigenvalue weighted by Crippen LogP contribution is -2.28. The standard InChI is InChI=1S/C24H23ClN6O2/c1-14-9-17-19(11-16(14)24(32)31-7-3-4-8-31)26-13-27-22(17)30-21(12-33-2)23-28-18-6-5-15(25)10-20(18)29-23/h3-6,9-11,13,21H,7-8,12H2,1-2H3,(H,28,29)(H,26,27,30)/t21-/m1/s1. The zero-order chi connectivity index (χ0) is 22.9. The first-order valence-electron chi connectivity index (χ1n) is 10.6. The maximum absolute atomic E-state index is 12.9. The van der Waals surface area contributed by atoms with Gasteiger partial charge in [-0.05, 0) is 42.8 Å². The second-order valence-electron chi connectivity index (χ2n) is 8.02. The number of ether oxygens (including phenoxy) is 1. The molecule has 0 unspecified atom stereocenters. The molecule has 3 heterocycles. The van der Waals surface area contributed by atoms with Crippen LogP contribution in [0.25, 0.3) is 21.9 Å². The SMILES string of the molecule is COC[C@@H](Nc1ncnc2cc(C(=O)N3CC=CC3)c(C)cc12)c1nc2cc(Cl)ccc2[nH]1. The number of carbonyl (C=O) groups is 1. The first kappa shape index (κ1) is 21.4. The van der Waals surface area contributed by atoms with Crippen molar-refractivity contribution in [2.45, 2.75) is 13.0 Å². The molecular formula is C24H23ClN6O2. The zero-order valence-corrected chi connectivity index (χ0v) is 19.1. The Morgan fingerprint density at radius 1 is 1.21 bits per heavy atom. The molecule has 1 aliphatic heterocycles. The normalized spacial score (nSPS) is 14.3. The molecule has 8 nitrogen and oxygen atoms in total. The number of hydrogen-bond acceptors (Lipinski definition) is 6. The molecule has 4 aromatic rings. The van der Waals surface area contributed by atoms with E-state index in [4.69, 9.17) is 16.3 Å². The summed E-state index contributed by atoms with van der Waals surface area (Å²) in [6, 6.07) is 9.05. The summed E-state index contributed by atoms with van der Waals surface area (Å²) in [6.07, 6.45) is 5.49. The van der Waals surface area contributed by atoms with E-state index in [1.165, 1.54) is 6.33 Å². The number of aromatic nitrogens is 4. The average Bonchev–Trinajstić information content (AvgIpc) is 3.48. The van der Waals surface area contributed by atoms with E-state index in [9.17, 15) is 4.79 Å². The molecular weight excluding hydrogens is 440 g/mol. The maximum atomic E-state index is 12.9. The van der Waals surface area contributed by atoms with Crippen LogP contribution >= 0.6 is 11.6 Å². The van der Waals surface area contributed by atoms with E-state index in [1.54, 1.807) is 12.0 Å². The number of nitrogens with one attached hydrogen (secondary N) is 2. The van der Waals surface area contributed by atoms with Crippen LogP contribution in [0.2, 0.25) is 5.02 Å². The molecule has 0 spiro atoms. The van der Waals surface area contributed by atoms with Crippen LogP contribution in [-0.2, 0) is 4.74 Å². The Morgan fingerprint density at radius 2 is 2.03 bits per heavy atom. The van der Waals surface area contributed by atoms with E-state index in [0.717, 1.165) is 22.0 Å². The predicted molar refractivity (Wildman–Crippen MR) is 129 cm³/mol. The molecule has 0 saturated heterocycles. The fraction of sp³-hybridized carbons (Fsp3) is 0.250. The molecule has 2 aromatic heterocycles. The Bertz CT molecular complexity index is 1370. The minimum Gasteiger partial charge on any atom is -0.382 e. The third-order valence-corrected chi connectivity index (χ3v) is 5.99. The van der Waals surface area contributed by atoms with Crippen molar-refractivity contribution >= 4 is 45.3 Å². The topological polar surface area (TPSA) is 96.0 Å². The summed E-state index contributed by atoms with van der Waals surface area (Å²) in [4.78, 5) is 31.6. The van der Waals surface area contributed by atoms with Crippen molar-refractivity contribution < 1.29 is 9.53 Å². The predicted octanol–water partition coefficient (Wildman–Crippen LogP) is 4.28. The van der Waals surface area contributed by atoms with E-state index in [-0.39, 0.29) is 11.9 Å². The quantitative estimate of drug-likeness (QED) is 0.415. The number of carbonyl (C=O) groups excluding carboxylic acids is 1. The maximum Gasteiger partial charge on any atom is 0.254 e. The van der Waals surface area contributed by atoms with E-state index in [1.807, 2.05) is 49.4 Å². The molecule has 168 valence electrons. The van der Waals surface area contributed by atoms with Crippen LogP contribution in [0.1, 0.15) is 27.8 Å². The van der Waals surface area contributed by atoms with Gasteiger partial charge in [-0.3, -0.25) is 4.79 Å². The minimum absolute atomic E-state index is 0.00529. The third-order valence-electron chi connectivity index (χ3n) is 5.76. The highest BCUT2D eigenvalue weighted by molar-refractivity contribution is 6.31. The van der Waals surface area contributed by atoms with Gasteiger partial charge in [0.1, 0.15) is 24.0 Å². The number of benzene rings is 2. The van der Waals surface area contributed by atoms with Crippen molar-refractivity contribution in [2.24, 2.45) is 0 Å². The first-order chi connectivity index (χ1) is 16.0. The van der Waals surface area contributed by atoms with Crippen LogP contribution in [0, 0.1) is 6.92 Å². The largest absolute Gasteiger partial charge is 0.382 e. The van der Waals surface area contributed by atoms with Crippen LogP contribution in [0.15, 0.2) is 48.8 Å². The second-order valence-corrected chi connectivity index (χ2v) is 8.46. The van der Waals surface area contributed by atoms with E-state index < -0.39 is 0 Å². The van der Waals surface area contributed by atoms with Gasteiger partial charge in [0.05, 0.1) is 23.2 Å². The van der Waals surface area contributed by atoms with Crippen molar-refractivity contribution in [3.63, 3.8) is 0 Å². The number of aromatic amines is 1. The number of rotatable bonds is 6. The summed E-state index contributed by atoms with van der Waals surface area (Å²) in [7, 11) is 1.64. The third kappa shape index (κ3) is 4.15. The number of methoxy groups -OCH3 is 1. The molecule has 0 fully saturated rings. The van der Waals surface area contributed by atoms with E-state index >= 15 is 0 Å². The fourth-order valence-electron chi connectivity index (χ4n) is 4.06. The van der Waals surface area contributed by atoms with Crippen molar-refractivity contribution in [2.75, 3.05) is 32.1 Å². The summed E-state index contributed by atoms with van der Waals surface area (Å²) < 4.78 is 5.45. The minimum atomic E-state index is -0.281. The lowest BCUT2D eigenvalue weighted by atomic mass is 10.0. The highest BCUT2D eigenvalue weighted by Crippen LogP contribution is 2.28. The van der Waals surface area contributed by atoms with Crippen LogP contribution in [0.5, 0.6) is 0 Å². The van der Waals surface area contributed by atoms with Gasteiger partial charge in [-0.15, -0.1) is 0 Å². The number of halogens is 1. The van der Waals surface area contributed by atoms with Gasteiger partial charge in [-0.1, -0.05) is 23.8 Å². The molecule has 0 bridgehead atoms. The van der Waals surface area contributed by atoms with Gasteiger partial charge >= 0.3 is 0 Å². The molecule has 0 saturated carbocycles. The molecule has 1 atom stereocenters. The Kier molecular flexibility index (Phi) is 5.70. The van der Waals surface area contributed by atoms with Crippen molar-refractivity contribution in [3.8, 4) is 0 Å². The van der Waals surface area contributed by atoms with Gasteiger partial charge in [0.15, 0.2) is 0 Å². The number of aryl methyl sites for hydroxylation is 1. The summed E-state index contributed by atoms with van der Waals surface area (Å²) in [6.45, 7) is 3.57. The summed E-state index contributed by atoms with van der Waals surface area (Å²) in [5.74, 6) is 1.36. The zero-order valence-electron chi connectivity index (χ0n) is 18.3. The molecule has 0 radical (unpaired) electrons. The Morgan fingerprint density at radius 3 is 2.82 bits per heavy atom. The van der Waals surface area contributed by atoms with Gasteiger partial charge in [0.2, 0.25) is 0 Å². The highest BCUT2D eigenvalue weighted by atomic mass is 35.5. The van der Waals surface area contributed by atoms with Crippen molar-refractivity contribution in [3.05, 3.63) is 70.8 Å². The molecule has 2 aromatic carbocycles. The van der Waals surface area contributed by atoms with Crippen molar-refractivity contribution in [1.29, 1.82) is 0 Å². The Balaban J connectivity index is 1.49. The Labute approximate surface area is 195 Å². The Hall–Kier alpha value is -3.49. The summed E-state index contributed by atoms with van der Waals surface area (Å²) in [5.41, 5.74) is 3.89. The number of anilines is 1. The first-order valence-corrected chi connectivity index (χ1v) is 11.0. The summed E-state index contributed by atoms with van der Waals surface area (Å²) in [5, 5.41) is 4.89. The number of imidazole rings is 1. The number of amides is 1. The monoisotopic (exact) mass is 462 g/mol. The number of nitrogens with zero attached hydrogens (tertiary/aromatic N) is 4. The fourth-order valence-corrected chi connectivity index (χ4v) is 4.22. The summed E-state index contributed by atoms with van der Waals surface area (Å²) >= 11 is 6.11. The number of hydrogen-bond donors (Lipinski definition) is 2. The van der Waals surface area contributed by atoms with Gasteiger partial charge < -0.3 is 19.9 Å². The molecule has 1 amide bonds. The van der Waals surface area contributed by atoms with E-state index in [0.29, 0.717) is 47.4 Å². The van der Waals surface area contributed by atoms with Crippen LogP contribution < -0.4 is 5.32 Å². The van der Waals surface area contributed by atoms with Gasteiger partial charge in [-0.2, -0.15) is 0 Å². The molecule has 5 rings (SSSR count). The molecule has 0 aliphatic carbocycles. The number of H-pyrrole nitrogens is 1. The second kappa shape index (κ2) is 8.80. The smallest absolute Gasteiger partial charge is 0.254 e. The van der Waals surface area contributed by atoms with Crippen molar-refractivity contribution in [1.82, 2.24) is 24.8 Å². The van der Waals surface area contributed by atoms with Gasteiger partial charge in [0, 0.05) is 36.2 Å². The van der Waals surface area contributed by atoms with Crippen LogP contribution in [0.3, 0.4) is 0 Å². The highest BCUT2D eigenvalue weighted by Gasteiger charge is 2.21. The van der Waals surface area contributed by atoms with E-state index in [2.05, 4.69) is 25.3 Å². The molecule has 2 N–H and O–H groups in total. The van der Waals surface area contributed by atoms with Gasteiger partial charge in [-0.25, -0.2) is 15.0 Å². The number of fused-ring (bicyclic) bond motifs is 2. The lowest BCUT2D eigenvalue weighted by molar-refractivity contribution is 0.0799.